The molecule has 0 aliphatic carbocycles. The molecular weight excluding hydrogens is 302 g/mol. The van der Waals surface area contributed by atoms with Gasteiger partial charge in [-0.05, 0) is 35.4 Å². The van der Waals surface area contributed by atoms with E-state index in [4.69, 9.17) is 4.55 Å². The van der Waals surface area contributed by atoms with Gasteiger partial charge < -0.3 is 0 Å². The van der Waals surface area contributed by atoms with Gasteiger partial charge in [-0.2, -0.15) is 8.42 Å². The largest absolute Gasteiger partial charge is 0.397 e. The van der Waals surface area contributed by atoms with Gasteiger partial charge in [-0.25, -0.2) is 0 Å². The predicted molar refractivity (Wildman–Crippen MR) is 90.0 cm³/mol. The summed E-state index contributed by atoms with van der Waals surface area (Å²) < 4.78 is 30.6. The first kappa shape index (κ1) is 18.3. The fourth-order valence-corrected chi connectivity index (χ4v) is 1.73. The molecule has 120 valence electrons. The third kappa shape index (κ3) is 6.36. The number of hydrogen-bond donors (Lipinski definition) is 1. The molecule has 0 aliphatic rings. The summed E-state index contributed by atoms with van der Waals surface area (Å²) >= 11 is 0. The van der Waals surface area contributed by atoms with Crippen molar-refractivity contribution < 1.29 is 17.2 Å². The van der Waals surface area contributed by atoms with Crippen molar-refractivity contribution in [3.05, 3.63) is 54.6 Å². The van der Waals surface area contributed by atoms with E-state index in [-0.39, 0.29) is 0 Å². The molecule has 2 aromatic rings. The summed E-state index contributed by atoms with van der Waals surface area (Å²) in [4.78, 5) is 0. The summed E-state index contributed by atoms with van der Waals surface area (Å²) in [6.45, 7) is 0. The molecule has 0 heterocycles. The quantitative estimate of drug-likeness (QED) is 0.696. The Hall–Kier alpha value is -1.73. The molecule has 0 aromatic heterocycles. The molecular formula is C16H22NO4S+. The van der Waals surface area contributed by atoms with Crippen LogP contribution in [-0.2, 0) is 14.6 Å². The van der Waals surface area contributed by atoms with Crippen molar-refractivity contribution in [2.75, 3.05) is 28.3 Å². The van der Waals surface area contributed by atoms with E-state index in [0.717, 1.165) is 11.6 Å². The summed E-state index contributed by atoms with van der Waals surface area (Å²) in [5, 5.41) is 0. The minimum absolute atomic E-state index is 0.856. The van der Waals surface area contributed by atoms with Gasteiger partial charge in [0.1, 0.15) is 5.69 Å². The van der Waals surface area contributed by atoms with Crippen molar-refractivity contribution >= 4 is 16.1 Å². The Morgan fingerprint density at radius 2 is 1.27 bits per heavy atom. The Bertz CT molecular complexity index is 674. The van der Waals surface area contributed by atoms with Crippen LogP contribution in [-0.4, -0.2) is 41.2 Å². The highest BCUT2D eigenvalue weighted by Crippen LogP contribution is 2.23. The van der Waals surface area contributed by atoms with Crippen LogP contribution in [0, 0.1) is 0 Å². The summed E-state index contributed by atoms with van der Waals surface area (Å²) in [5.74, 6) is 0. The number of nitrogens with zero attached hydrogens (tertiary/aromatic N) is 1. The topological polar surface area (TPSA) is 63.6 Å². The standard InChI is InChI=1S/C15H18N.CH4O4S/c1-16(2,3)15-11-9-14(10-12-15)13-7-5-4-6-8-13;1-5-6(2,3)4/h4-12H,1-3H3;1H3,(H,2,3,4)/q+1;. The number of benzene rings is 2. The minimum atomic E-state index is -4.16. The Balaban J connectivity index is 0.000000346. The van der Waals surface area contributed by atoms with E-state index < -0.39 is 10.4 Å². The summed E-state index contributed by atoms with van der Waals surface area (Å²) in [5.41, 5.74) is 3.87. The molecule has 5 nitrogen and oxygen atoms in total. The zero-order chi connectivity index (χ0) is 16.8. The lowest BCUT2D eigenvalue weighted by molar-refractivity contribution is 0.324. The van der Waals surface area contributed by atoms with Crippen LogP contribution in [0.25, 0.3) is 11.1 Å². The molecule has 0 amide bonds. The van der Waals surface area contributed by atoms with Crippen LogP contribution in [0.5, 0.6) is 0 Å². The fraction of sp³-hybridized carbons (Fsp3) is 0.250. The van der Waals surface area contributed by atoms with Crippen LogP contribution in [0.4, 0.5) is 5.69 Å². The first-order valence-corrected chi connectivity index (χ1v) is 8.00. The van der Waals surface area contributed by atoms with Crippen LogP contribution < -0.4 is 4.48 Å². The highest BCUT2D eigenvalue weighted by Gasteiger charge is 2.11. The van der Waals surface area contributed by atoms with Crippen molar-refractivity contribution in [2.24, 2.45) is 0 Å². The zero-order valence-electron chi connectivity index (χ0n) is 13.2. The third-order valence-corrected chi connectivity index (χ3v) is 3.38. The van der Waals surface area contributed by atoms with E-state index in [1.165, 1.54) is 16.8 Å². The van der Waals surface area contributed by atoms with Gasteiger partial charge in [0.05, 0.1) is 28.3 Å². The number of rotatable bonds is 3. The minimum Gasteiger partial charge on any atom is -0.298 e. The van der Waals surface area contributed by atoms with E-state index in [1.807, 2.05) is 6.07 Å². The van der Waals surface area contributed by atoms with Gasteiger partial charge in [-0.1, -0.05) is 30.3 Å². The highest BCUT2D eigenvalue weighted by atomic mass is 32.3. The maximum atomic E-state index is 9.33. The fourth-order valence-electron chi connectivity index (χ4n) is 1.73. The molecule has 0 bridgehead atoms. The Kier molecular flexibility index (Phi) is 6.25. The van der Waals surface area contributed by atoms with Gasteiger partial charge in [0, 0.05) is 0 Å². The van der Waals surface area contributed by atoms with E-state index in [1.54, 1.807) is 0 Å². The molecule has 2 rings (SSSR count). The molecule has 2 aromatic carbocycles. The molecule has 6 heteroatoms. The molecule has 0 radical (unpaired) electrons. The highest BCUT2D eigenvalue weighted by molar-refractivity contribution is 7.80. The van der Waals surface area contributed by atoms with Gasteiger partial charge >= 0.3 is 10.4 Å². The smallest absolute Gasteiger partial charge is 0.298 e. The maximum Gasteiger partial charge on any atom is 0.397 e. The van der Waals surface area contributed by atoms with E-state index in [2.05, 4.69) is 73.9 Å². The van der Waals surface area contributed by atoms with E-state index >= 15 is 0 Å². The Morgan fingerprint density at radius 1 is 0.864 bits per heavy atom. The molecule has 0 saturated carbocycles. The average Bonchev–Trinajstić information content (AvgIpc) is 2.47. The Morgan fingerprint density at radius 3 is 1.64 bits per heavy atom. The van der Waals surface area contributed by atoms with Crippen molar-refractivity contribution in [3.63, 3.8) is 0 Å². The lowest BCUT2D eigenvalue weighted by atomic mass is 10.1. The second kappa shape index (κ2) is 7.51. The van der Waals surface area contributed by atoms with Crippen LogP contribution in [0.1, 0.15) is 0 Å². The molecule has 0 atom stereocenters. The van der Waals surface area contributed by atoms with Crippen LogP contribution >= 0.6 is 0 Å². The molecule has 0 saturated heterocycles. The molecule has 0 unspecified atom stereocenters. The van der Waals surface area contributed by atoms with Crippen LogP contribution in [0.15, 0.2) is 54.6 Å². The average molecular weight is 324 g/mol. The van der Waals surface area contributed by atoms with Gasteiger partial charge in [-0.3, -0.25) is 13.2 Å². The number of quaternary nitrogens is 1. The first-order chi connectivity index (χ1) is 10.1. The van der Waals surface area contributed by atoms with Gasteiger partial charge in [0.25, 0.3) is 0 Å². The molecule has 0 spiro atoms. The third-order valence-electron chi connectivity index (χ3n) is 2.96. The monoisotopic (exact) mass is 324 g/mol. The van der Waals surface area contributed by atoms with E-state index in [0.29, 0.717) is 0 Å². The van der Waals surface area contributed by atoms with Gasteiger partial charge in [-0.15, -0.1) is 0 Å². The molecule has 22 heavy (non-hydrogen) atoms. The van der Waals surface area contributed by atoms with Gasteiger partial charge in [0.15, 0.2) is 0 Å². The summed E-state index contributed by atoms with van der Waals surface area (Å²) in [7, 11) is 3.24. The first-order valence-electron chi connectivity index (χ1n) is 6.64. The van der Waals surface area contributed by atoms with E-state index in [9.17, 15) is 8.42 Å². The van der Waals surface area contributed by atoms with Crippen molar-refractivity contribution in [1.82, 2.24) is 4.48 Å². The molecule has 0 fully saturated rings. The lowest BCUT2D eigenvalue weighted by Crippen LogP contribution is -2.34. The van der Waals surface area contributed by atoms with Crippen LogP contribution in [0.3, 0.4) is 0 Å². The molecule has 0 aliphatic heterocycles. The zero-order valence-corrected chi connectivity index (χ0v) is 14.0. The normalized spacial score (nSPS) is 11.5. The second-order valence-electron chi connectivity index (χ2n) is 5.52. The predicted octanol–water partition coefficient (Wildman–Crippen LogP) is 2.99. The van der Waals surface area contributed by atoms with Crippen molar-refractivity contribution in [1.29, 1.82) is 0 Å². The lowest BCUT2D eigenvalue weighted by Gasteiger charge is -2.23. The SMILES string of the molecule is COS(=O)(=O)O.C[N+](C)(C)c1ccc(-c2ccccc2)cc1. The number of hydrogen-bond acceptors (Lipinski definition) is 3. The van der Waals surface area contributed by atoms with Crippen LogP contribution in [0.2, 0.25) is 0 Å². The molecule has 1 N–H and O–H groups in total. The second-order valence-corrected chi connectivity index (χ2v) is 6.71. The van der Waals surface area contributed by atoms with Crippen molar-refractivity contribution in [2.45, 2.75) is 0 Å². The maximum absolute atomic E-state index is 9.33. The van der Waals surface area contributed by atoms with Crippen molar-refractivity contribution in [3.8, 4) is 11.1 Å². The summed E-state index contributed by atoms with van der Waals surface area (Å²) in [6.07, 6.45) is 0. The summed E-state index contributed by atoms with van der Waals surface area (Å²) in [6, 6.07) is 19.2. The Labute approximate surface area is 132 Å². The van der Waals surface area contributed by atoms with Gasteiger partial charge in [0.2, 0.25) is 0 Å².